The molecule has 0 saturated heterocycles. The molecule has 1 saturated carbocycles. The minimum atomic E-state index is -0.346. The lowest BCUT2D eigenvalue weighted by Crippen LogP contribution is -2.46. The van der Waals surface area contributed by atoms with Crippen molar-refractivity contribution in [3.05, 3.63) is 0 Å². The van der Waals surface area contributed by atoms with Gasteiger partial charge in [-0.3, -0.25) is 4.79 Å². The van der Waals surface area contributed by atoms with Gasteiger partial charge in [0.2, 0.25) is 5.91 Å². The Balaban J connectivity index is 2.27. The fourth-order valence-electron chi connectivity index (χ4n) is 2.62. The maximum Gasteiger partial charge on any atom is 0.237 e. The highest BCUT2D eigenvalue weighted by molar-refractivity contribution is 5.81. The summed E-state index contributed by atoms with van der Waals surface area (Å²) in [5.41, 5.74) is 5.90. The van der Waals surface area contributed by atoms with Gasteiger partial charge in [0.05, 0.1) is 6.04 Å². The van der Waals surface area contributed by atoms with Crippen LogP contribution in [-0.4, -0.2) is 18.5 Å². The topological polar surface area (TPSA) is 55.1 Å². The highest BCUT2D eigenvalue weighted by Crippen LogP contribution is 2.27. The summed E-state index contributed by atoms with van der Waals surface area (Å²) in [6.45, 7) is 7.22. The Morgan fingerprint density at radius 2 is 2.18 bits per heavy atom. The largest absolute Gasteiger partial charge is 0.354 e. The first-order chi connectivity index (χ1) is 8.04. The minimum absolute atomic E-state index is 0.0255. The second-order valence-corrected chi connectivity index (χ2v) is 5.79. The van der Waals surface area contributed by atoms with E-state index in [0.29, 0.717) is 5.92 Å². The van der Waals surface area contributed by atoms with Gasteiger partial charge in [0.15, 0.2) is 0 Å². The molecule has 4 unspecified atom stereocenters. The van der Waals surface area contributed by atoms with Gasteiger partial charge in [0.25, 0.3) is 0 Å². The Bertz CT molecular complexity index is 242. The second-order valence-electron chi connectivity index (χ2n) is 5.79. The van der Waals surface area contributed by atoms with E-state index in [4.69, 9.17) is 5.73 Å². The number of nitrogens with two attached hydrogens (primary N) is 1. The molecule has 3 N–H and O–H groups in total. The molecule has 4 atom stereocenters. The molecule has 0 aliphatic heterocycles. The van der Waals surface area contributed by atoms with Gasteiger partial charge in [-0.15, -0.1) is 0 Å². The Kier molecular flexibility index (Phi) is 5.96. The van der Waals surface area contributed by atoms with Crippen molar-refractivity contribution < 1.29 is 4.79 Å². The zero-order valence-electron chi connectivity index (χ0n) is 11.5. The number of carbonyl (C=O) groups excluding carboxylic acids is 1. The van der Waals surface area contributed by atoms with Gasteiger partial charge in [0, 0.05) is 6.54 Å². The molecule has 17 heavy (non-hydrogen) atoms. The zero-order valence-corrected chi connectivity index (χ0v) is 11.5. The molecule has 1 aliphatic carbocycles. The van der Waals surface area contributed by atoms with Crippen LogP contribution in [0.25, 0.3) is 0 Å². The number of rotatable bonds is 5. The Morgan fingerprint density at radius 1 is 1.47 bits per heavy atom. The van der Waals surface area contributed by atoms with Crippen molar-refractivity contribution in [2.75, 3.05) is 6.54 Å². The molecule has 3 heteroatoms. The fraction of sp³-hybridized carbons (Fsp3) is 0.929. The quantitative estimate of drug-likeness (QED) is 0.774. The Labute approximate surface area is 106 Å². The van der Waals surface area contributed by atoms with Crippen molar-refractivity contribution in [3.8, 4) is 0 Å². The first kappa shape index (κ1) is 14.5. The van der Waals surface area contributed by atoms with Gasteiger partial charge >= 0.3 is 0 Å². The lowest BCUT2D eigenvalue weighted by Gasteiger charge is -2.27. The third-order valence-corrected chi connectivity index (χ3v) is 4.17. The molecule has 3 nitrogen and oxygen atoms in total. The molecule has 1 amide bonds. The average molecular weight is 240 g/mol. The van der Waals surface area contributed by atoms with Crippen molar-refractivity contribution in [1.82, 2.24) is 5.32 Å². The van der Waals surface area contributed by atoms with Crippen LogP contribution in [0.4, 0.5) is 0 Å². The monoisotopic (exact) mass is 240 g/mol. The van der Waals surface area contributed by atoms with Crippen LogP contribution >= 0.6 is 0 Å². The van der Waals surface area contributed by atoms with Crippen molar-refractivity contribution >= 4 is 5.91 Å². The highest BCUT2D eigenvalue weighted by atomic mass is 16.2. The van der Waals surface area contributed by atoms with E-state index in [9.17, 15) is 4.79 Å². The molecule has 0 bridgehead atoms. The molecule has 0 aromatic rings. The van der Waals surface area contributed by atoms with Crippen molar-refractivity contribution in [2.45, 2.75) is 58.9 Å². The summed E-state index contributed by atoms with van der Waals surface area (Å²) in [5.74, 6) is 1.76. The molecule has 0 aromatic heterocycles. The summed E-state index contributed by atoms with van der Waals surface area (Å²) in [4.78, 5) is 11.8. The van der Waals surface area contributed by atoms with Crippen LogP contribution in [0.1, 0.15) is 52.9 Å². The van der Waals surface area contributed by atoms with E-state index >= 15 is 0 Å². The summed E-state index contributed by atoms with van der Waals surface area (Å²) >= 11 is 0. The van der Waals surface area contributed by atoms with E-state index in [1.165, 1.54) is 25.7 Å². The maximum absolute atomic E-state index is 11.8. The second kappa shape index (κ2) is 7.00. The zero-order chi connectivity index (χ0) is 12.8. The predicted molar refractivity (Wildman–Crippen MR) is 71.6 cm³/mol. The van der Waals surface area contributed by atoms with Crippen LogP contribution in [-0.2, 0) is 4.79 Å². The number of hydrogen-bond donors (Lipinski definition) is 2. The van der Waals surface area contributed by atoms with Crippen LogP contribution in [0.3, 0.4) is 0 Å². The molecule has 0 radical (unpaired) electrons. The van der Waals surface area contributed by atoms with E-state index < -0.39 is 0 Å². The van der Waals surface area contributed by atoms with Crippen LogP contribution in [0.5, 0.6) is 0 Å². The number of nitrogens with one attached hydrogen (secondary N) is 1. The van der Waals surface area contributed by atoms with Crippen LogP contribution in [0, 0.1) is 17.8 Å². The average Bonchev–Trinajstić information content (AvgIpc) is 2.34. The van der Waals surface area contributed by atoms with E-state index in [2.05, 4.69) is 19.2 Å². The van der Waals surface area contributed by atoms with Gasteiger partial charge in [-0.2, -0.15) is 0 Å². The van der Waals surface area contributed by atoms with Crippen LogP contribution in [0.2, 0.25) is 0 Å². The van der Waals surface area contributed by atoms with E-state index in [0.717, 1.165) is 18.9 Å². The Hall–Kier alpha value is -0.570. The lowest BCUT2D eigenvalue weighted by atomic mass is 9.82. The smallest absolute Gasteiger partial charge is 0.237 e. The summed E-state index contributed by atoms with van der Waals surface area (Å²) in [6, 6.07) is -0.346. The molecule has 0 heterocycles. The highest BCUT2D eigenvalue weighted by Gasteiger charge is 2.22. The summed E-state index contributed by atoms with van der Waals surface area (Å²) in [5, 5.41) is 3.02. The van der Waals surface area contributed by atoms with Gasteiger partial charge < -0.3 is 11.1 Å². The third-order valence-electron chi connectivity index (χ3n) is 4.17. The number of hydrogen-bond acceptors (Lipinski definition) is 2. The predicted octanol–water partition coefficient (Wildman–Crippen LogP) is 2.30. The van der Waals surface area contributed by atoms with Crippen molar-refractivity contribution in [2.24, 2.45) is 23.5 Å². The molecular formula is C14H28N2O. The van der Waals surface area contributed by atoms with Gasteiger partial charge in [-0.05, 0) is 30.6 Å². The van der Waals surface area contributed by atoms with E-state index in [-0.39, 0.29) is 17.9 Å². The lowest BCUT2D eigenvalue weighted by molar-refractivity contribution is -0.123. The van der Waals surface area contributed by atoms with Crippen molar-refractivity contribution in [3.63, 3.8) is 0 Å². The first-order valence-electron chi connectivity index (χ1n) is 7.07. The molecule has 100 valence electrons. The van der Waals surface area contributed by atoms with Crippen molar-refractivity contribution in [1.29, 1.82) is 0 Å². The molecule has 1 aliphatic rings. The van der Waals surface area contributed by atoms with Crippen LogP contribution in [0.15, 0.2) is 0 Å². The number of carbonyl (C=O) groups is 1. The number of amides is 1. The molecule has 0 spiro atoms. The van der Waals surface area contributed by atoms with Gasteiger partial charge in [-0.1, -0.05) is 40.0 Å². The molecular weight excluding hydrogens is 212 g/mol. The molecule has 0 aromatic carbocycles. The summed E-state index contributed by atoms with van der Waals surface area (Å²) in [7, 11) is 0. The SMILES string of the molecule is CCC(C)C(N)C(=O)NCC1CCCC(C)C1. The van der Waals surface area contributed by atoms with Gasteiger partial charge in [-0.25, -0.2) is 0 Å². The molecule has 1 fully saturated rings. The summed E-state index contributed by atoms with van der Waals surface area (Å²) < 4.78 is 0. The Morgan fingerprint density at radius 3 is 2.76 bits per heavy atom. The maximum atomic E-state index is 11.8. The van der Waals surface area contributed by atoms with Gasteiger partial charge in [0.1, 0.15) is 0 Å². The first-order valence-corrected chi connectivity index (χ1v) is 7.07. The van der Waals surface area contributed by atoms with Crippen LogP contribution < -0.4 is 11.1 Å². The summed E-state index contributed by atoms with van der Waals surface area (Å²) in [6.07, 6.45) is 6.10. The fourth-order valence-corrected chi connectivity index (χ4v) is 2.62. The van der Waals surface area contributed by atoms with E-state index in [1.54, 1.807) is 0 Å². The normalized spacial score (nSPS) is 28.5. The standard InChI is InChI=1S/C14H28N2O/c1-4-11(3)13(15)14(17)16-9-12-7-5-6-10(2)8-12/h10-13H,4-9,15H2,1-3H3,(H,16,17). The minimum Gasteiger partial charge on any atom is -0.354 e. The van der Waals surface area contributed by atoms with E-state index in [1.807, 2.05) is 6.92 Å². The third kappa shape index (κ3) is 4.66. The molecule has 1 rings (SSSR count).